The van der Waals surface area contributed by atoms with E-state index >= 15 is 0 Å². The summed E-state index contributed by atoms with van der Waals surface area (Å²) in [6.45, 7) is -1.33. The normalized spacial score (nSPS) is 19.3. The van der Waals surface area contributed by atoms with Gasteiger partial charge in [-0.2, -0.15) is 18.3 Å². The van der Waals surface area contributed by atoms with Crippen molar-refractivity contribution in [1.82, 2.24) is 15.2 Å². The van der Waals surface area contributed by atoms with Gasteiger partial charge in [-0.3, -0.25) is 10.1 Å². The molecule has 2 aromatic rings. The van der Waals surface area contributed by atoms with Crippen LogP contribution in [0.3, 0.4) is 0 Å². The maximum absolute atomic E-state index is 12.5. The molecule has 4 rings (SSSR count). The Hall–Kier alpha value is -2.09. The molecule has 0 aliphatic heterocycles. The number of halogens is 3. The van der Waals surface area contributed by atoms with Crippen LogP contribution in [0.5, 0.6) is 5.75 Å². The summed E-state index contributed by atoms with van der Waals surface area (Å²) in [6.07, 6.45) is 0.384. The monoisotopic (exact) mass is 339 g/mol. The summed E-state index contributed by atoms with van der Waals surface area (Å²) < 4.78 is 42.4. The van der Waals surface area contributed by atoms with Gasteiger partial charge in [0.15, 0.2) is 6.61 Å². The zero-order valence-electron chi connectivity index (χ0n) is 12.7. The minimum Gasteiger partial charge on any atom is -0.484 e. The number of aliphatic hydroxyl groups is 1. The van der Waals surface area contributed by atoms with Gasteiger partial charge in [-0.05, 0) is 37.7 Å². The SMILES string of the molecule is OC1(c2cc(-c3cc(OCC(F)(F)F)c(C4CC4)cn3)n[nH]2)CC1. The van der Waals surface area contributed by atoms with Crippen LogP contribution in [-0.4, -0.2) is 33.1 Å². The van der Waals surface area contributed by atoms with Crippen molar-refractivity contribution in [1.29, 1.82) is 0 Å². The Morgan fingerprint density at radius 2 is 2.00 bits per heavy atom. The zero-order valence-corrected chi connectivity index (χ0v) is 12.7. The number of alkyl halides is 3. The second-order valence-corrected chi connectivity index (χ2v) is 6.48. The number of pyridine rings is 1. The molecule has 2 aliphatic carbocycles. The minimum absolute atomic E-state index is 0.203. The molecule has 5 nitrogen and oxygen atoms in total. The van der Waals surface area contributed by atoms with Crippen LogP contribution in [-0.2, 0) is 5.60 Å². The maximum Gasteiger partial charge on any atom is 0.422 e. The third-order valence-electron chi connectivity index (χ3n) is 4.37. The van der Waals surface area contributed by atoms with Gasteiger partial charge in [0.1, 0.15) is 17.0 Å². The smallest absolute Gasteiger partial charge is 0.422 e. The highest BCUT2D eigenvalue weighted by Gasteiger charge is 2.44. The number of H-pyrrole nitrogens is 1. The van der Waals surface area contributed by atoms with Crippen molar-refractivity contribution in [3.8, 4) is 17.1 Å². The Kier molecular flexibility index (Phi) is 3.35. The van der Waals surface area contributed by atoms with Crippen LogP contribution in [0.25, 0.3) is 11.4 Å². The van der Waals surface area contributed by atoms with Gasteiger partial charge in [0.05, 0.1) is 11.4 Å². The van der Waals surface area contributed by atoms with Crippen LogP contribution in [0.2, 0.25) is 0 Å². The van der Waals surface area contributed by atoms with Crippen LogP contribution < -0.4 is 4.74 Å². The lowest BCUT2D eigenvalue weighted by molar-refractivity contribution is -0.153. The van der Waals surface area contributed by atoms with Crippen LogP contribution in [0.4, 0.5) is 13.2 Å². The molecule has 2 fully saturated rings. The number of ether oxygens (including phenoxy) is 1. The van der Waals surface area contributed by atoms with Crippen molar-refractivity contribution >= 4 is 0 Å². The molecule has 0 radical (unpaired) electrons. The van der Waals surface area contributed by atoms with Gasteiger partial charge in [-0.15, -0.1) is 0 Å². The van der Waals surface area contributed by atoms with Gasteiger partial charge in [0.25, 0.3) is 0 Å². The van der Waals surface area contributed by atoms with E-state index < -0.39 is 18.4 Å². The molecule has 24 heavy (non-hydrogen) atoms. The lowest BCUT2D eigenvalue weighted by atomic mass is 10.1. The van der Waals surface area contributed by atoms with E-state index in [1.165, 1.54) is 6.07 Å². The first kappa shape index (κ1) is 15.4. The third-order valence-corrected chi connectivity index (χ3v) is 4.37. The largest absolute Gasteiger partial charge is 0.484 e. The summed E-state index contributed by atoms with van der Waals surface area (Å²) in [4.78, 5) is 4.31. The first-order valence-electron chi connectivity index (χ1n) is 7.82. The van der Waals surface area contributed by atoms with Crippen LogP contribution in [0.1, 0.15) is 42.9 Å². The number of aromatic amines is 1. The summed E-state index contributed by atoms with van der Waals surface area (Å²) in [6, 6.07) is 3.18. The molecule has 2 aliphatic rings. The van der Waals surface area contributed by atoms with E-state index in [-0.39, 0.29) is 11.7 Å². The Balaban J connectivity index is 1.62. The van der Waals surface area contributed by atoms with E-state index in [1.807, 2.05) is 0 Å². The van der Waals surface area contributed by atoms with Crippen molar-refractivity contribution in [2.75, 3.05) is 6.61 Å². The molecule has 0 atom stereocenters. The van der Waals surface area contributed by atoms with Gasteiger partial charge in [0.2, 0.25) is 0 Å². The number of hydrogen-bond acceptors (Lipinski definition) is 4. The van der Waals surface area contributed by atoms with Crippen molar-refractivity contribution in [3.63, 3.8) is 0 Å². The van der Waals surface area contributed by atoms with E-state index in [0.717, 1.165) is 12.8 Å². The molecule has 0 bridgehead atoms. The van der Waals surface area contributed by atoms with Crippen LogP contribution >= 0.6 is 0 Å². The molecular weight excluding hydrogens is 323 g/mol. The highest BCUT2D eigenvalue weighted by atomic mass is 19.4. The molecule has 0 spiro atoms. The van der Waals surface area contributed by atoms with Gasteiger partial charge in [-0.1, -0.05) is 0 Å². The average Bonchev–Trinajstić information content (AvgIpc) is 3.45. The summed E-state index contributed by atoms with van der Waals surface area (Å²) in [5, 5.41) is 17.0. The Bertz CT molecular complexity index is 764. The fraction of sp³-hybridized carbons (Fsp3) is 0.500. The molecule has 0 amide bonds. The molecule has 2 heterocycles. The fourth-order valence-electron chi connectivity index (χ4n) is 2.65. The zero-order chi connectivity index (χ0) is 16.9. The van der Waals surface area contributed by atoms with E-state index in [0.29, 0.717) is 35.5 Å². The second-order valence-electron chi connectivity index (χ2n) is 6.48. The second kappa shape index (κ2) is 5.20. The lowest BCUT2D eigenvalue weighted by Crippen LogP contribution is -2.19. The van der Waals surface area contributed by atoms with E-state index in [9.17, 15) is 18.3 Å². The topological polar surface area (TPSA) is 71.0 Å². The average molecular weight is 339 g/mol. The Labute approximate surface area is 135 Å². The predicted octanol–water partition coefficient (Wildman–Crippen LogP) is 3.27. The lowest BCUT2D eigenvalue weighted by Gasteiger charge is -2.13. The highest BCUT2D eigenvalue weighted by Crippen LogP contribution is 2.46. The first-order valence-corrected chi connectivity index (χ1v) is 7.82. The molecule has 2 N–H and O–H groups in total. The van der Waals surface area contributed by atoms with E-state index in [4.69, 9.17) is 4.74 Å². The fourth-order valence-corrected chi connectivity index (χ4v) is 2.65. The number of rotatable bonds is 5. The van der Waals surface area contributed by atoms with Crippen molar-refractivity contribution < 1.29 is 23.0 Å². The number of hydrogen-bond donors (Lipinski definition) is 2. The summed E-state index contributed by atoms with van der Waals surface area (Å²) in [5.74, 6) is 0.422. The summed E-state index contributed by atoms with van der Waals surface area (Å²) >= 11 is 0. The first-order chi connectivity index (χ1) is 11.3. The standard InChI is InChI=1S/C16H16F3N3O2/c17-16(18,19)8-24-13-5-11(20-7-10(13)9-1-2-9)12-6-14(22-21-12)15(23)3-4-15/h5-7,9,23H,1-4,8H2,(H,21,22). The molecule has 8 heteroatoms. The van der Waals surface area contributed by atoms with Crippen molar-refractivity contribution in [3.05, 3.63) is 29.6 Å². The molecule has 128 valence electrons. The molecule has 2 aromatic heterocycles. The third kappa shape index (κ3) is 3.10. The van der Waals surface area contributed by atoms with Gasteiger partial charge in [-0.25, -0.2) is 0 Å². The Morgan fingerprint density at radius 1 is 1.25 bits per heavy atom. The molecule has 0 unspecified atom stereocenters. The summed E-state index contributed by atoms with van der Waals surface area (Å²) in [7, 11) is 0. The van der Waals surface area contributed by atoms with Crippen LogP contribution in [0.15, 0.2) is 18.3 Å². The van der Waals surface area contributed by atoms with Gasteiger partial charge < -0.3 is 9.84 Å². The molecule has 0 saturated heterocycles. The van der Waals surface area contributed by atoms with E-state index in [2.05, 4.69) is 15.2 Å². The highest BCUT2D eigenvalue weighted by molar-refractivity contribution is 5.59. The van der Waals surface area contributed by atoms with Crippen molar-refractivity contribution in [2.24, 2.45) is 0 Å². The van der Waals surface area contributed by atoms with E-state index in [1.54, 1.807) is 12.3 Å². The Morgan fingerprint density at radius 3 is 2.62 bits per heavy atom. The minimum atomic E-state index is -4.39. The van der Waals surface area contributed by atoms with Crippen LogP contribution in [0, 0.1) is 0 Å². The molecular formula is C16H16F3N3O2. The van der Waals surface area contributed by atoms with Crippen molar-refractivity contribution in [2.45, 2.75) is 43.4 Å². The predicted molar refractivity (Wildman–Crippen MR) is 78.5 cm³/mol. The number of aromatic nitrogens is 3. The van der Waals surface area contributed by atoms with Gasteiger partial charge in [0, 0.05) is 17.8 Å². The number of nitrogens with one attached hydrogen (secondary N) is 1. The number of nitrogens with zero attached hydrogens (tertiary/aromatic N) is 2. The summed E-state index contributed by atoms with van der Waals surface area (Å²) in [5.41, 5.74) is 1.35. The molecule has 0 aromatic carbocycles. The maximum atomic E-state index is 12.5. The van der Waals surface area contributed by atoms with Gasteiger partial charge >= 0.3 is 6.18 Å². The molecule has 2 saturated carbocycles. The quantitative estimate of drug-likeness (QED) is 0.877.